The third kappa shape index (κ3) is 5.79. The molecule has 36 heavy (non-hydrogen) atoms. The monoisotopic (exact) mass is 601 g/mol. The Balaban J connectivity index is 1.90. The van der Waals surface area contributed by atoms with Crippen molar-refractivity contribution in [1.82, 2.24) is 15.1 Å². The topological polar surface area (TPSA) is 129 Å². The molecule has 1 aliphatic heterocycles. The van der Waals surface area contributed by atoms with Crippen LogP contribution in [0.5, 0.6) is 5.75 Å². The minimum absolute atomic E-state index is 0.175. The zero-order valence-electron chi connectivity index (χ0n) is 20.4. The standard InChI is InChI=1S/C26H28IN5O4/c1-4-31(5-2)22(28)18-8-6-17(7-9-18)12-13-26(24(27)34,30-25(29)35)16-32-15-19-10-11-20(36-3)14-21(19)23(32)33/h6-11,14,28H,4-5,15-16H2,1-3H3,(H3,29,30,35)/t26-/m1/s1. The molecule has 0 unspecified atom stereocenters. The zero-order valence-corrected chi connectivity index (χ0v) is 22.5. The fourth-order valence-corrected chi connectivity index (χ4v) is 4.42. The van der Waals surface area contributed by atoms with Gasteiger partial charge in [-0.15, -0.1) is 0 Å². The van der Waals surface area contributed by atoms with E-state index in [4.69, 9.17) is 15.9 Å². The van der Waals surface area contributed by atoms with E-state index in [-0.39, 0.29) is 19.0 Å². The van der Waals surface area contributed by atoms with Crippen LogP contribution in [0.25, 0.3) is 0 Å². The van der Waals surface area contributed by atoms with Crippen LogP contribution < -0.4 is 15.8 Å². The number of carbonyl (C=O) groups is 3. The maximum atomic E-state index is 13.1. The molecule has 3 amide bonds. The van der Waals surface area contributed by atoms with Gasteiger partial charge in [0.1, 0.15) is 11.6 Å². The number of nitrogens with one attached hydrogen (secondary N) is 2. The van der Waals surface area contributed by atoms with Gasteiger partial charge in [0.15, 0.2) is 5.54 Å². The number of nitrogens with zero attached hydrogens (tertiary/aromatic N) is 2. The van der Waals surface area contributed by atoms with Crippen LogP contribution in [0.1, 0.15) is 40.9 Å². The second kappa shape index (κ2) is 11.4. The molecular formula is C26H28IN5O4. The molecule has 1 atom stereocenters. The third-order valence-electron chi connectivity index (χ3n) is 5.95. The number of nitrogens with two attached hydrogens (primary N) is 1. The predicted octanol–water partition coefficient (Wildman–Crippen LogP) is 2.74. The molecular weight excluding hydrogens is 573 g/mol. The Hall–Kier alpha value is -3.59. The number of fused-ring (bicyclic) bond motifs is 1. The smallest absolute Gasteiger partial charge is 0.313 e. The van der Waals surface area contributed by atoms with Crippen LogP contribution in [-0.4, -0.2) is 63.6 Å². The van der Waals surface area contributed by atoms with Crippen LogP contribution in [0.15, 0.2) is 42.5 Å². The van der Waals surface area contributed by atoms with Gasteiger partial charge in [-0.3, -0.25) is 15.0 Å². The second-order valence-electron chi connectivity index (χ2n) is 8.20. The summed E-state index contributed by atoms with van der Waals surface area (Å²) in [5, 5.41) is 10.8. The van der Waals surface area contributed by atoms with E-state index in [1.165, 1.54) is 12.0 Å². The number of halogens is 1. The van der Waals surface area contributed by atoms with Crippen molar-refractivity contribution in [3.63, 3.8) is 0 Å². The van der Waals surface area contributed by atoms with Crippen molar-refractivity contribution >= 4 is 44.2 Å². The van der Waals surface area contributed by atoms with Gasteiger partial charge in [-0.2, -0.15) is 0 Å². The lowest BCUT2D eigenvalue weighted by atomic mass is 10.0. The van der Waals surface area contributed by atoms with Crippen molar-refractivity contribution in [3.8, 4) is 17.6 Å². The van der Waals surface area contributed by atoms with Gasteiger partial charge in [-0.25, -0.2) is 4.79 Å². The Bertz CT molecular complexity index is 1250. The maximum absolute atomic E-state index is 13.1. The Morgan fingerprint density at radius 3 is 2.44 bits per heavy atom. The fourth-order valence-electron chi connectivity index (χ4n) is 3.98. The first kappa shape index (κ1) is 27.0. The normalized spacial score (nSPS) is 13.7. The molecule has 0 saturated carbocycles. The summed E-state index contributed by atoms with van der Waals surface area (Å²) >= 11 is 1.56. The lowest BCUT2D eigenvalue weighted by Crippen LogP contribution is -2.59. The Labute approximate surface area is 224 Å². The van der Waals surface area contributed by atoms with Crippen molar-refractivity contribution in [3.05, 3.63) is 64.7 Å². The molecule has 1 aliphatic rings. The molecule has 2 aromatic rings. The Kier molecular flexibility index (Phi) is 8.57. The summed E-state index contributed by atoms with van der Waals surface area (Å²) in [6.45, 7) is 5.51. The number of ether oxygens (including phenoxy) is 1. The lowest BCUT2D eigenvalue weighted by molar-refractivity contribution is -0.113. The first-order chi connectivity index (χ1) is 17.1. The molecule has 2 aromatic carbocycles. The molecule has 0 aromatic heterocycles. The van der Waals surface area contributed by atoms with E-state index in [0.717, 1.165) is 24.2 Å². The fraction of sp³-hybridized carbons (Fsp3) is 0.308. The molecule has 4 N–H and O–H groups in total. The molecule has 9 nitrogen and oxygen atoms in total. The van der Waals surface area contributed by atoms with Crippen LogP contribution in [0, 0.1) is 17.3 Å². The molecule has 0 saturated heterocycles. The summed E-state index contributed by atoms with van der Waals surface area (Å²) in [6.07, 6.45) is 0. The summed E-state index contributed by atoms with van der Waals surface area (Å²) in [6, 6.07) is 11.3. The van der Waals surface area contributed by atoms with Crippen molar-refractivity contribution < 1.29 is 19.1 Å². The number of methoxy groups -OCH3 is 1. The van der Waals surface area contributed by atoms with Gasteiger partial charge < -0.3 is 25.6 Å². The summed E-state index contributed by atoms with van der Waals surface area (Å²) in [4.78, 5) is 41.1. The van der Waals surface area contributed by atoms with Crippen molar-refractivity contribution in [2.45, 2.75) is 25.9 Å². The highest BCUT2D eigenvalue weighted by Crippen LogP contribution is 2.28. The van der Waals surface area contributed by atoms with Crippen LogP contribution in [0.4, 0.5) is 4.79 Å². The highest BCUT2D eigenvalue weighted by molar-refractivity contribution is 14.1. The molecule has 0 spiro atoms. The number of primary amides is 1. The third-order valence-corrected chi connectivity index (χ3v) is 6.88. The predicted molar refractivity (Wildman–Crippen MR) is 145 cm³/mol. The number of amides is 3. The quantitative estimate of drug-likeness (QED) is 0.141. The van der Waals surface area contributed by atoms with Crippen molar-refractivity contribution in [1.29, 1.82) is 5.41 Å². The molecule has 188 valence electrons. The molecule has 1 heterocycles. The largest absolute Gasteiger partial charge is 0.497 e. The number of rotatable bonds is 8. The second-order valence-corrected chi connectivity index (χ2v) is 9.18. The summed E-state index contributed by atoms with van der Waals surface area (Å²) < 4.78 is 4.73. The minimum Gasteiger partial charge on any atom is -0.497 e. The summed E-state index contributed by atoms with van der Waals surface area (Å²) in [5.41, 5.74) is 6.28. The van der Waals surface area contributed by atoms with Crippen LogP contribution in [0.3, 0.4) is 0 Å². The number of urea groups is 1. The van der Waals surface area contributed by atoms with Gasteiger partial charge in [0, 0.05) is 58.9 Å². The molecule has 0 aliphatic carbocycles. The van der Waals surface area contributed by atoms with Crippen molar-refractivity contribution in [2.24, 2.45) is 5.73 Å². The SMILES string of the molecule is CCN(CC)C(=N)c1ccc(C#C[C@](CN2Cc3ccc(OC)cc3C2=O)(NC(N)=O)C(=O)I)cc1. The lowest BCUT2D eigenvalue weighted by Gasteiger charge is -2.30. The Morgan fingerprint density at radius 2 is 1.89 bits per heavy atom. The number of benzene rings is 2. The summed E-state index contributed by atoms with van der Waals surface area (Å²) in [7, 11) is 1.52. The van der Waals surface area contributed by atoms with Gasteiger partial charge >= 0.3 is 6.03 Å². The van der Waals surface area contributed by atoms with E-state index in [9.17, 15) is 14.4 Å². The molecule has 0 fully saturated rings. The number of amidine groups is 1. The van der Waals surface area contributed by atoms with Crippen molar-refractivity contribution in [2.75, 3.05) is 26.7 Å². The average Bonchev–Trinajstić information content (AvgIpc) is 3.17. The van der Waals surface area contributed by atoms with Gasteiger partial charge in [0.2, 0.25) is 3.79 Å². The van der Waals surface area contributed by atoms with Gasteiger partial charge in [0.25, 0.3) is 5.91 Å². The first-order valence-electron chi connectivity index (χ1n) is 11.3. The van der Waals surface area contributed by atoms with Gasteiger partial charge in [-0.1, -0.05) is 30.0 Å². The van der Waals surface area contributed by atoms with E-state index >= 15 is 0 Å². The van der Waals surface area contributed by atoms with Gasteiger partial charge in [0.05, 0.1) is 13.7 Å². The van der Waals surface area contributed by atoms with E-state index in [1.807, 2.05) is 18.7 Å². The highest BCUT2D eigenvalue weighted by atomic mass is 127. The first-order valence-corrected chi connectivity index (χ1v) is 12.4. The molecule has 0 radical (unpaired) electrons. The molecule has 0 bridgehead atoms. The summed E-state index contributed by atoms with van der Waals surface area (Å²) in [5.74, 6) is 6.47. The zero-order chi connectivity index (χ0) is 26.5. The number of carbonyl (C=O) groups excluding carboxylic acids is 3. The van der Waals surface area contributed by atoms with E-state index in [2.05, 4.69) is 17.2 Å². The van der Waals surface area contributed by atoms with E-state index in [0.29, 0.717) is 22.7 Å². The average molecular weight is 601 g/mol. The molecule has 3 rings (SSSR count). The highest BCUT2D eigenvalue weighted by Gasteiger charge is 2.42. The molecule has 10 heteroatoms. The van der Waals surface area contributed by atoms with Crippen LogP contribution in [-0.2, 0) is 11.3 Å². The maximum Gasteiger partial charge on any atom is 0.313 e. The number of hydrogen-bond donors (Lipinski definition) is 3. The van der Waals surface area contributed by atoms with E-state index in [1.54, 1.807) is 65.1 Å². The van der Waals surface area contributed by atoms with E-state index < -0.39 is 15.4 Å². The number of hydrogen-bond acceptors (Lipinski definition) is 5. The van der Waals surface area contributed by atoms with Crippen LogP contribution in [0.2, 0.25) is 0 Å². The minimum atomic E-state index is -1.71. The Morgan fingerprint density at radius 1 is 1.22 bits per heavy atom. The van der Waals surface area contributed by atoms with Gasteiger partial charge in [-0.05, 0) is 43.7 Å². The van der Waals surface area contributed by atoms with Crippen LogP contribution >= 0.6 is 22.6 Å².